The van der Waals surface area contributed by atoms with E-state index >= 15 is 0 Å². The van der Waals surface area contributed by atoms with Crippen LogP contribution < -0.4 is 5.32 Å². The summed E-state index contributed by atoms with van der Waals surface area (Å²) >= 11 is 1.52. The zero-order chi connectivity index (χ0) is 27.2. The number of ether oxygens (including phenoxy) is 1. The van der Waals surface area contributed by atoms with Gasteiger partial charge in [0.05, 0.1) is 41.4 Å². The summed E-state index contributed by atoms with van der Waals surface area (Å²) in [7, 11) is 0. The van der Waals surface area contributed by atoms with Gasteiger partial charge in [0.15, 0.2) is 5.13 Å². The van der Waals surface area contributed by atoms with E-state index in [1.54, 1.807) is 12.4 Å². The molecule has 8 nitrogen and oxygen atoms in total. The van der Waals surface area contributed by atoms with Crippen LogP contribution in [0, 0.1) is 12.8 Å². The molecule has 1 fully saturated rings. The van der Waals surface area contributed by atoms with Crippen molar-refractivity contribution in [2.45, 2.75) is 39.7 Å². The summed E-state index contributed by atoms with van der Waals surface area (Å²) in [4.78, 5) is 36.7. The lowest BCUT2D eigenvalue weighted by molar-refractivity contribution is -0.149. The number of aryl methyl sites for hydroxylation is 1. The molecule has 1 amide bonds. The Hall–Kier alpha value is -3.98. The molecule has 0 bridgehead atoms. The third-order valence-corrected chi connectivity index (χ3v) is 7.90. The zero-order valence-electron chi connectivity index (χ0n) is 22.3. The number of benzene rings is 1. The molecule has 39 heavy (non-hydrogen) atoms. The van der Waals surface area contributed by atoms with Crippen molar-refractivity contribution in [3.63, 3.8) is 0 Å². The first-order valence-corrected chi connectivity index (χ1v) is 14.2. The fourth-order valence-electron chi connectivity index (χ4n) is 5.01. The molecular weight excluding hydrogens is 510 g/mol. The van der Waals surface area contributed by atoms with Crippen molar-refractivity contribution in [1.82, 2.24) is 19.4 Å². The van der Waals surface area contributed by atoms with Gasteiger partial charge in [-0.05, 0) is 56.9 Å². The fraction of sp³-hybridized carbons (Fsp3) is 0.333. The molecule has 0 saturated carbocycles. The Morgan fingerprint density at radius 3 is 2.64 bits per heavy atom. The van der Waals surface area contributed by atoms with E-state index in [0.29, 0.717) is 38.1 Å². The maximum atomic E-state index is 13.7. The largest absolute Gasteiger partial charge is 0.466 e. The number of carbonyl (C=O) groups is 2. The Bertz CT molecular complexity index is 1410. The van der Waals surface area contributed by atoms with Gasteiger partial charge in [0.25, 0.3) is 5.91 Å². The standard InChI is InChI=1S/C30H33N5O3S/c1-3-38-29(37)23-12-15-34(16-13-23)28(36)25-18-27(35(21(25)2)17-11-22-8-5-4-6-9-22)26-20-39-30(33-26)32-24-10-7-14-31-19-24/h4-10,14,18-20,23H,3,11-13,15-17H2,1-2H3,(H,32,33). The number of rotatable bonds is 9. The minimum Gasteiger partial charge on any atom is -0.466 e. The highest BCUT2D eigenvalue weighted by atomic mass is 32.1. The van der Waals surface area contributed by atoms with Crippen LogP contribution in [0.1, 0.15) is 41.4 Å². The van der Waals surface area contributed by atoms with Gasteiger partial charge in [0, 0.05) is 36.9 Å². The molecule has 202 valence electrons. The molecule has 1 aliphatic heterocycles. The van der Waals surface area contributed by atoms with Crippen LogP contribution in [-0.2, 0) is 22.5 Å². The number of pyridine rings is 1. The smallest absolute Gasteiger partial charge is 0.309 e. The predicted octanol–water partition coefficient (Wildman–Crippen LogP) is 5.72. The molecule has 0 spiro atoms. The second-order valence-electron chi connectivity index (χ2n) is 9.64. The second-order valence-corrected chi connectivity index (χ2v) is 10.5. The van der Waals surface area contributed by atoms with Crippen LogP contribution in [0.5, 0.6) is 0 Å². The molecule has 9 heteroatoms. The summed E-state index contributed by atoms with van der Waals surface area (Å²) in [6.07, 6.45) is 5.59. The second kappa shape index (κ2) is 12.3. The van der Waals surface area contributed by atoms with Crippen LogP contribution in [0.2, 0.25) is 0 Å². The monoisotopic (exact) mass is 543 g/mol. The number of thiazole rings is 1. The molecule has 0 atom stereocenters. The van der Waals surface area contributed by atoms with Gasteiger partial charge in [-0.15, -0.1) is 11.3 Å². The van der Waals surface area contributed by atoms with E-state index in [4.69, 9.17) is 9.72 Å². The third kappa shape index (κ3) is 6.20. The minimum absolute atomic E-state index is 0.00143. The first-order valence-electron chi connectivity index (χ1n) is 13.4. The molecule has 5 rings (SSSR count). The van der Waals surface area contributed by atoms with Crippen LogP contribution in [0.4, 0.5) is 10.8 Å². The highest BCUT2D eigenvalue weighted by molar-refractivity contribution is 7.14. The van der Waals surface area contributed by atoms with Crippen molar-refractivity contribution < 1.29 is 14.3 Å². The highest BCUT2D eigenvalue weighted by Crippen LogP contribution is 2.32. The van der Waals surface area contributed by atoms with E-state index in [0.717, 1.165) is 40.9 Å². The number of nitrogens with zero attached hydrogens (tertiary/aromatic N) is 4. The van der Waals surface area contributed by atoms with Gasteiger partial charge < -0.3 is 19.5 Å². The van der Waals surface area contributed by atoms with Crippen molar-refractivity contribution in [1.29, 1.82) is 0 Å². The molecule has 1 saturated heterocycles. The first-order chi connectivity index (χ1) is 19.0. The molecule has 1 aromatic carbocycles. The number of hydrogen-bond acceptors (Lipinski definition) is 7. The summed E-state index contributed by atoms with van der Waals surface area (Å²) in [5, 5.41) is 6.10. The Labute approximate surface area is 232 Å². The van der Waals surface area contributed by atoms with Crippen LogP contribution in [-0.4, -0.2) is 51.0 Å². The van der Waals surface area contributed by atoms with Crippen molar-refractivity contribution >= 4 is 34.0 Å². The quantitative estimate of drug-likeness (QED) is 0.272. The minimum atomic E-state index is -0.158. The van der Waals surface area contributed by atoms with Gasteiger partial charge >= 0.3 is 5.97 Å². The van der Waals surface area contributed by atoms with Crippen molar-refractivity contribution in [2.24, 2.45) is 5.92 Å². The van der Waals surface area contributed by atoms with Crippen molar-refractivity contribution in [3.8, 4) is 11.4 Å². The predicted molar refractivity (Wildman–Crippen MR) is 153 cm³/mol. The molecule has 0 aliphatic carbocycles. The Morgan fingerprint density at radius 1 is 1.13 bits per heavy atom. The van der Waals surface area contributed by atoms with E-state index in [-0.39, 0.29) is 17.8 Å². The number of carbonyl (C=O) groups excluding carboxylic acids is 2. The summed E-state index contributed by atoms with van der Waals surface area (Å²) in [5.41, 5.74) is 5.46. The van der Waals surface area contributed by atoms with Gasteiger partial charge in [-0.1, -0.05) is 30.3 Å². The van der Waals surface area contributed by atoms with Crippen LogP contribution in [0.15, 0.2) is 66.3 Å². The average Bonchev–Trinajstić information content (AvgIpc) is 3.56. The lowest BCUT2D eigenvalue weighted by Crippen LogP contribution is -2.40. The number of esters is 1. The normalized spacial score (nSPS) is 13.8. The van der Waals surface area contributed by atoms with Gasteiger partial charge in [0.1, 0.15) is 0 Å². The van der Waals surface area contributed by atoms with Crippen LogP contribution in [0.3, 0.4) is 0 Å². The molecule has 1 aliphatic rings. The van der Waals surface area contributed by atoms with Crippen LogP contribution >= 0.6 is 11.3 Å². The summed E-state index contributed by atoms with van der Waals surface area (Å²) in [6.45, 7) is 6.02. The maximum absolute atomic E-state index is 13.7. The number of nitrogens with one attached hydrogen (secondary N) is 1. The zero-order valence-corrected chi connectivity index (χ0v) is 23.1. The van der Waals surface area contributed by atoms with Gasteiger partial charge in [-0.3, -0.25) is 14.6 Å². The third-order valence-electron chi connectivity index (χ3n) is 7.15. The number of likely N-dealkylation sites (tertiary alicyclic amines) is 1. The first kappa shape index (κ1) is 26.6. The van der Waals surface area contributed by atoms with E-state index < -0.39 is 0 Å². The lowest BCUT2D eigenvalue weighted by atomic mass is 9.96. The molecular formula is C30H33N5O3S. The Balaban J connectivity index is 1.39. The van der Waals surface area contributed by atoms with E-state index in [2.05, 4.69) is 27.0 Å². The van der Waals surface area contributed by atoms with E-state index in [9.17, 15) is 9.59 Å². The number of piperidine rings is 1. The molecule has 4 aromatic rings. The van der Waals surface area contributed by atoms with Crippen molar-refractivity contribution in [3.05, 3.63) is 83.1 Å². The Kier molecular flexibility index (Phi) is 8.36. The molecule has 3 aromatic heterocycles. The van der Waals surface area contributed by atoms with Crippen molar-refractivity contribution in [2.75, 3.05) is 25.0 Å². The number of anilines is 2. The van der Waals surface area contributed by atoms with Crippen LogP contribution in [0.25, 0.3) is 11.4 Å². The van der Waals surface area contributed by atoms with E-state index in [1.807, 2.05) is 60.5 Å². The maximum Gasteiger partial charge on any atom is 0.309 e. The molecule has 4 heterocycles. The van der Waals surface area contributed by atoms with Gasteiger partial charge in [-0.2, -0.15) is 0 Å². The lowest BCUT2D eigenvalue weighted by Gasteiger charge is -2.31. The average molecular weight is 544 g/mol. The molecule has 0 radical (unpaired) electrons. The molecule has 0 unspecified atom stereocenters. The van der Waals surface area contributed by atoms with Gasteiger partial charge in [0.2, 0.25) is 0 Å². The highest BCUT2D eigenvalue weighted by Gasteiger charge is 2.30. The van der Waals surface area contributed by atoms with E-state index in [1.165, 1.54) is 16.9 Å². The summed E-state index contributed by atoms with van der Waals surface area (Å²) in [5.74, 6) is -0.297. The molecule has 1 N–H and O–H groups in total. The van der Waals surface area contributed by atoms with Gasteiger partial charge in [-0.25, -0.2) is 4.98 Å². The number of aromatic nitrogens is 3. The fourth-order valence-corrected chi connectivity index (χ4v) is 5.73. The Morgan fingerprint density at radius 2 is 1.92 bits per heavy atom. The number of hydrogen-bond donors (Lipinski definition) is 1. The summed E-state index contributed by atoms with van der Waals surface area (Å²) in [6, 6.07) is 16.2. The summed E-state index contributed by atoms with van der Waals surface area (Å²) < 4.78 is 7.39. The topological polar surface area (TPSA) is 89.3 Å². The SMILES string of the molecule is CCOC(=O)C1CCN(C(=O)c2cc(-c3csc(Nc4cccnc4)n3)n(CCc3ccccc3)c2C)CC1. The number of amides is 1.